The molecule has 0 aliphatic rings. The smallest absolute Gasteiger partial charge is 0.168 e. The summed E-state index contributed by atoms with van der Waals surface area (Å²) in [7, 11) is 0. The Balaban J connectivity index is 2.65. The molecule has 1 aromatic heterocycles. The number of nitrogens with zero attached hydrogens (tertiary/aromatic N) is 1. The van der Waals surface area contributed by atoms with E-state index in [2.05, 4.69) is 4.98 Å². The molecule has 0 amide bonds. The zero-order chi connectivity index (χ0) is 11.3. The lowest BCUT2D eigenvalue weighted by molar-refractivity contribution is 0.0974. The Morgan fingerprint density at radius 2 is 2.33 bits per heavy atom. The van der Waals surface area contributed by atoms with Gasteiger partial charge < -0.3 is 11.5 Å². The van der Waals surface area contributed by atoms with Crippen molar-refractivity contribution in [3.05, 3.63) is 23.9 Å². The fourth-order valence-electron chi connectivity index (χ4n) is 1.47. The molecule has 1 atom stereocenters. The van der Waals surface area contributed by atoms with E-state index in [1.54, 1.807) is 18.3 Å². The second-order valence-corrected chi connectivity index (χ2v) is 3.61. The molecule has 1 unspecified atom stereocenters. The molecular weight excluding hydrogens is 190 g/mol. The Hall–Kier alpha value is -1.42. The minimum absolute atomic E-state index is 0.0263. The Kier molecular flexibility index (Phi) is 4.24. The first-order valence-corrected chi connectivity index (χ1v) is 5.14. The van der Waals surface area contributed by atoms with E-state index in [-0.39, 0.29) is 17.6 Å². The van der Waals surface area contributed by atoms with E-state index in [1.807, 2.05) is 6.92 Å². The van der Waals surface area contributed by atoms with Crippen LogP contribution in [-0.4, -0.2) is 16.8 Å². The van der Waals surface area contributed by atoms with Gasteiger partial charge in [0.1, 0.15) is 5.82 Å². The molecule has 1 aromatic rings. The van der Waals surface area contributed by atoms with Gasteiger partial charge in [-0.15, -0.1) is 0 Å². The SMILES string of the molecule is CCCC(N)CC(=O)c1cccnc1N. The molecule has 0 saturated carbocycles. The average Bonchev–Trinajstić information content (AvgIpc) is 2.18. The van der Waals surface area contributed by atoms with Crippen molar-refractivity contribution in [1.82, 2.24) is 4.98 Å². The highest BCUT2D eigenvalue weighted by molar-refractivity contribution is 6.00. The number of ketones is 1. The van der Waals surface area contributed by atoms with Gasteiger partial charge >= 0.3 is 0 Å². The van der Waals surface area contributed by atoms with Gasteiger partial charge in [0.05, 0.1) is 5.56 Å². The molecule has 0 aromatic carbocycles. The molecule has 0 bridgehead atoms. The number of carbonyl (C=O) groups is 1. The third-order valence-corrected chi connectivity index (χ3v) is 2.25. The van der Waals surface area contributed by atoms with Crippen LogP contribution >= 0.6 is 0 Å². The third kappa shape index (κ3) is 3.32. The summed E-state index contributed by atoms with van der Waals surface area (Å²) in [6.45, 7) is 2.04. The van der Waals surface area contributed by atoms with Crippen molar-refractivity contribution in [2.45, 2.75) is 32.2 Å². The van der Waals surface area contributed by atoms with Crippen LogP contribution < -0.4 is 11.5 Å². The number of carbonyl (C=O) groups excluding carboxylic acids is 1. The first-order chi connectivity index (χ1) is 7.15. The number of Topliss-reactive ketones (excluding diaryl/α,β-unsaturated/α-hetero) is 1. The molecule has 4 heteroatoms. The van der Waals surface area contributed by atoms with Gasteiger partial charge in [-0.05, 0) is 18.6 Å². The van der Waals surface area contributed by atoms with E-state index in [4.69, 9.17) is 11.5 Å². The second-order valence-electron chi connectivity index (χ2n) is 3.61. The molecule has 1 rings (SSSR count). The second kappa shape index (κ2) is 5.46. The highest BCUT2D eigenvalue weighted by Crippen LogP contribution is 2.12. The van der Waals surface area contributed by atoms with Gasteiger partial charge in [0.2, 0.25) is 0 Å². The fourth-order valence-corrected chi connectivity index (χ4v) is 1.47. The quantitative estimate of drug-likeness (QED) is 0.714. The monoisotopic (exact) mass is 207 g/mol. The molecule has 0 spiro atoms. The minimum atomic E-state index is -0.0814. The Morgan fingerprint density at radius 1 is 1.60 bits per heavy atom. The fraction of sp³-hybridized carbons (Fsp3) is 0.455. The summed E-state index contributed by atoms with van der Waals surface area (Å²) >= 11 is 0. The average molecular weight is 207 g/mol. The maximum Gasteiger partial charge on any atom is 0.168 e. The van der Waals surface area contributed by atoms with Crippen LogP contribution in [0.25, 0.3) is 0 Å². The lowest BCUT2D eigenvalue weighted by Crippen LogP contribution is -2.24. The van der Waals surface area contributed by atoms with Crippen molar-refractivity contribution in [2.75, 3.05) is 5.73 Å². The van der Waals surface area contributed by atoms with Gasteiger partial charge in [-0.1, -0.05) is 13.3 Å². The van der Waals surface area contributed by atoms with E-state index >= 15 is 0 Å². The predicted octanol–water partition coefficient (Wildman–Crippen LogP) is 1.36. The molecule has 0 radical (unpaired) electrons. The Labute approximate surface area is 89.7 Å². The number of anilines is 1. The summed E-state index contributed by atoms with van der Waals surface area (Å²) in [5, 5.41) is 0. The summed E-state index contributed by atoms with van der Waals surface area (Å²) < 4.78 is 0. The lowest BCUT2D eigenvalue weighted by Gasteiger charge is -2.09. The molecule has 15 heavy (non-hydrogen) atoms. The number of hydrogen-bond acceptors (Lipinski definition) is 4. The molecule has 4 N–H and O–H groups in total. The lowest BCUT2D eigenvalue weighted by atomic mass is 10.0. The van der Waals surface area contributed by atoms with Gasteiger partial charge in [-0.2, -0.15) is 0 Å². The summed E-state index contributed by atoms with van der Waals surface area (Å²) in [5.74, 6) is 0.257. The van der Waals surface area contributed by atoms with Gasteiger partial charge in [-0.3, -0.25) is 4.79 Å². The molecule has 0 fully saturated rings. The van der Waals surface area contributed by atoms with Crippen molar-refractivity contribution < 1.29 is 4.79 Å². The van der Waals surface area contributed by atoms with Gasteiger partial charge in [0.15, 0.2) is 5.78 Å². The number of pyridine rings is 1. The summed E-state index contributed by atoms with van der Waals surface area (Å²) in [6.07, 6.45) is 3.74. The van der Waals surface area contributed by atoms with Gasteiger partial charge in [-0.25, -0.2) is 4.98 Å². The van der Waals surface area contributed by atoms with Crippen molar-refractivity contribution in [3.8, 4) is 0 Å². The molecule has 0 aliphatic heterocycles. The minimum Gasteiger partial charge on any atom is -0.383 e. The zero-order valence-electron chi connectivity index (χ0n) is 8.94. The van der Waals surface area contributed by atoms with Crippen LogP contribution in [-0.2, 0) is 0 Å². The van der Waals surface area contributed by atoms with E-state index in [0.29, 0.717) is 12.0 Å². The van der Waals surface area contributed by atoms with Crippen molar-refractivity contribution in [1.29, 1.82) is 0 Å². The summed E-state index contributed by atoms with van der Waals surface area (Å²) in [5.41, 5.74) is 11.9. The summed E-state index contributed by atoms with van der Waals surface area (Å²) in [6, 6.07) is 3.31. The molecule has 0 saturated heterocycles. The summed E-state index contributed by atoms with van der Waals surface area (Å²) in [4.78, 5) is 15.6. The van der Waals surface area contributed by atoms with Gasteiger partial charge in [0, 0.05) is 18.7 Å². The van der Waals surface area contributed by atoms with Crippen molar-refractivity contribution in [2.24, 2.45) is 5.73 Å². The predicted molar refractivity (Wildman–Crippen MR) is 60.5 cm³/mol. The number of nitrogen functional groups attached to an aromatic ring is 1. The van der Waals surface area contributed by atoms with Crippen LogP contribution in [0.15, 0.2) is 18.3 Å². The van der Waals surface area contributed by atoms with Gasteiger partial charge in [0.25, 0.3) is 0 Å². The normalized spacial score (nSPS) is 12.4. The number of rotatable bonds is 5. The number of aromatic nitrogens is 1. The third-order valence-electron chi connectivity index (χ3n) is 2.25. The maximum atomic E-state index is 11.8. The largest absolute Gasteiger partial charge is 0.383 e. The highest BCUT2D eigenvalue weighted by Gasteiger charge is 2.13. The van der Waals surface area contributed by atoms with E-state index in [1.165, 1.54) is 0 Å². The molecule has 0 aliphatic carbocycles. The van der Waals surface area contributed by atoms with E-state index in [9.17, 15) is 4.79 Å². The number of hydrogen-bond donors (Lipinski definition) is 2. The zero-order valence-corrected chi connectivity index (χ0v) is 8.94. The Bertz CT molecular complexity index is 338. The first kappa shape index (κ1) is 11.7. The van der Waals surface area contributed by atoms with Crippen LogP contribution in [0.1, 0.15) is 36.5 Å². The Morgan fingerprint density at radius 3 is 2.93 bits per heavy atom. The van der Waals surface area contributed by atoms with Crippen LogP contribution in [0.2, 0.25) is 0 Å². The van der Waals surface area contributed by atoms with Crippen LogP contribution in [0.4, 0.5) is 5.82 Å². The molecule has 82 valence electrons. The number of nitrogens with two attached hydrogens (primary N) is 2. The van der Waals surface area contributed by atoms with Crippen molar-refractivity contribution >= 4 is 11.6 Å². The first-order valence-electron chi connectivity index (χ1n) is 5.14. The topological polar surface area (TPSA) is 82.0 Å². The maximum absolute atomic E-state index is 11.8. The standard InChI is InChI=1S/C11H17N3O/c1-2-4-8(12)7-10(15)9-5-3-6-14-11(9)13/h3,5-6,8H,2,4,7,12H2,1H3,(H2,13,14). The van der Waals surface area contributed by atoms with E-state index < -0.39 is 0 Å². The van der Waals surface area contributed by atoms with Crippen LogP contribution in [0, 0.1) is 0 Å². The van der Waals surface area contributed by atoms with Crippen molar-refractivity contribution in [3.63, 3.8) is 0 Å². The van der Waals surface area contributed by atoms with Crippen LogP contribution in [0.3, 0.4) is 0 Å². The molecular formula is C11H17N3O. The highest BCUT2D eigenvalue weighted by atomic mass is 16.1. The van der Waals surface area contributed by atoms with E-state index in [0.717, 1.165) is 12.8 Å². The van der Waals surface area contributed by atoms with Crippen LogP contribution in [0.5, 0.6) is 0 Å². The molecule has 4 nitrogen and oxygen atoms in total. The molecule has 1 heterocycles.